The number of hydrogen-bond acceptors (Lipinski definition) is 5. The number of fused-ring (bicyclic) bond motifs is 2. The van der Waals surface area contributed by atoms with Gasteiger partial charge < -0.3 is 15.0 Å². The van der Waals surface area contributed by atoms with E-state index in [0.29, 0.717) is 28.2 Å². The standard InChI is InChI=1S/C23H25N5O2/c1-13-10-16(6-8-24-13)28-9-7-20-17(23(28)30)4-5-19(25-20)18-11-15-12-27(3)26-21(15)14(2)22(18)29/h4-5,7,9,11-13,16,24,29H,6,8,10H2,1-3H3/t13-,16-/m0/s1. The van der Waals surface area contributed by atoms with Crippen LogP contribution in [0.15, 0.2) is 41.5 Å². The van der Waals surface area contributed by atoms with Crippen LogP contribution < -0.4 is 10.9 Å². The van der Waals surface area contributed by atoms with Crippen LogP contribution in [0.4, 0.5) is 0 Å². The smallest absolute Gasteiger partial charge is 0.260 e. The molecule has 0 saturated carbocycles. The summed E-state index contributed by atoms with van der Waals surface area (Å²) in [6, 6.07) is 8.05. The van der Waals surface area contributed by atoms with Crippen molar-refractivity contribution in [1.29, 1.82) is 0 Å². The molecule has 0 bridgehead atoms. The molecule has 154 valence electrons. The molecule has 0 aliphatic carbocycles. The van der Waals surface area contributed by atoms with Crippen molar-refractivity contribution >= 4 is 21.8 Å². The summed E-state index contributed by atoms with van der Waals surface area (Å²) in [6.45, 7) is 4.93. The third kappa shape index (κ3) is 2.97. The predicted octanol–water partition coefficient (Wildman–Crippen LogP) is 3.28. The van der Waals surface area contributed by atoms with Crippen LogP contribution in [0, 0.1) is 6.92 Å². The van der Waals surface area contributed by atoms with E-state index in [-0.39, 0.29) is 17.4 Å². The highest BCUT2D eigenvalue weighted by atomic mass is 16.3. The van der Waals surface area contributed by atoms with Gasteiger partial charge in [-0.25, -0.2) is 4.98 Å². The van der Waals surface area contributed by atoms with Gasteiger partial charge in [-0.15, -0.1) is 0 Å². The highest BCUT2D eigenvalue weighted by molar-refractivity contribution is 5.91. The SMILES string of the molecule is Cc1c(O)c(-c2ccc3c(=O)n([C@H]4CCN[C@@H](C)C4)ccc3n2)cc2cn(C)nc12. The summed E-state index contributed by atoms with van der Waals surface area (Å²) >= 11 is 0. The van der Waals surface area contributed by atoms with Gasteiger partial charge in [0.25, 0.3) is 5.56 Å². The summed E-state index contributed by atoms with van der Waals surface area (Å²) in [5.74, 6) is 0.171. The van der Waals surface area contributed by atoms with E-state index in [1.165, 1.54) is 0 Å². The molecule has 0 unspecified atom stereocenters. The van der Waals surface area contributed by atoms with E-state index in [1.54, 1.807) is 4.68 Å². The number of aromatic nitrogens is 4. The first-order chi connectivity index (χ1) is 14.4. The summed E-state index contributed by atoms with van der Waals surface area (Å²) in [5, 5.41) is 20.2. The zero-order chi connectivity index (χ0) is 21.0. The van der Waals surface area contributed by atoms with Gasteiger partial charge in [0.2, 0.25) is 0 Å². The maximum absolute atomic E-state index is 13.1. The average Bonchev–Trinajstić information content (AvgIpc) is 3.11. The third-order valence-corrected chi connectivity index (χ3v) is 6.17. The van der Waals surface area contributed by atoms with Crippen LogP contribution in [-0.2, 0) is 7.05 Å². The Morgan fingerprint density at radius 2 is 2.10 bits per heavy atom. The quantitative estimate of drug-likeness (QED) is 0.537. The first kappa shape index (κ1) is 18.8. The Bertz CT molecular complexity index is 1340. The molecule has 1 saturated heterocycles. The number of phenols is 1. The van der Waals surface area contributed by atoms with Gasteiger partial charge in [-0.2, -0.15) is 5.10 Å². The molecular weight excluding hydrogens is 378 g/mol. The fourth-order valence-corrected chi connectivity index (χ4v) is 4.57. The Balaban J connectivity index is 1.61. The number of rotatable bonds is 2. The minimum Gasteiger partial charge on any atom is -0.507 e. The van der Waals surface area contributed by atoms with Gasteiger partial charge in [0, 0.05) is 48.0 Å². The summed E-state index contributed by atoms with van der Waals surface area (Å²) in [5.41, 5.74) is 3.42. The maximum atomic E-state index is 13.1. The van der Waals surface area contributed by atoms with Crippen LogP contribution in [0.1, 0.15) is 31.4 Å². The molecule has 3 aromatic heterocycles. The predicted molar refractivity (Wildman–Crippen MR) is 118 cm³/mol. The Morgan fingerprint density at radius 1 is 1.27 bits per heavy atom. The van der Waals surface area contributed by atoms with Crippen molar-refractivity contribution in [2.24, 2.45) is 7.05 Å². The average molecular weight is 403 g/mol. The summed E-state index contributed by atoms with van der Waals surface area (Å²) in [4.78, 5) is 17.8. The molecule has 2 atom stereocenters. The van der Waals surface area contributed by atoms with Crippen molar-refractivity contribution in [3.05, 3.63) is 52.6 Å². The minimum absolute atomic E-state index is 0.00577. The molecule has 7 nitrogen and oxygen atoms in total. The van der Waals surface area contributed by atoms with Crippen molar-refractivity contribution in [3.63, 3.8) is 0 Å². The third-order valence-electron chi connectivity index (χ3n) is 6.17. The summed E-state index contributed by atoms with van der Waals surface area (Å²) in [7, 11) is 1.86. The van der Waals surface area contributed by atoms with E-state index in [9.17, 15) is 9.90 Å². The number of aromatic hydroxyl groups is 1. The van der Waals surface area contributed by atoms with Gasteiger partial charge >= 0.3 is 0 Å². The van der Waals surface area contributed by atoms with Crippen LogP contribution >= 0.6 is 0 Å². The van der Waals surface area contributed by atoms with E-state index < -0.39 is 0 Å². The van der Waals surface area contributed by atoms with Crippen LogP contribution in [0.3, 0.4) is 0 Å². The molecule has 1 fully saturated rings. The number of pyridine rings is 2. The van der Waals surface area contributed by atoms with Gasteiger partial charge in [0.05, 0.1) is 22.1 Å². The van der Waals surface area contributed by atoms with Crippen LogP contribution in [-0.4, -0.2) is 37.0 Å². The lowest BCUT2D eigenvalue weighted by atomic mass is 10.00. The van der Waals surface area contributed by atoms with Crippen LogP contribution in [0.2, 0.25) is 0 Å². The second-order valence-corrected chi connectivity index (χ2v) is 8.33. The zero-order valence-electron chi connectivity index (χ0n) is 17.4. The van der Waals surface area contributed by atoms with Gasteiger partial charge in [-0.3, -0.25) is 9.48 Å². The Hall–Kier alpha value is -3.19. The molecule has 4 aromatic rings. The summed E-state index contributed by atoms with van der Waals surface area (Å²) in [6.07, 6.45) is 5.67. The molecule has 5 rings (SSSR count). The van der Waals surface area contributed by atoms with E-state index >= 15 is 0 Å². The normalized spacial score (nSPS) is 19.6. The molecule has 4 heterocycles. The van der Waals surface area contributed by atoms with Gasteiger partial charge in [0.15, 0.2) is 0 Å². The number of nitrogens with zero attached hydrogens (tertiary/aromatic N) is 4. The summed E-state index contributed by atoms with van der Waals surface area (Å²) < 4.78 is 3.59. The van der Waals surface area contributed by atoms with Crippen molar-refractivity contribution in [3.8, 4) is 17.0 Å². The van der Waals surface area contributed by atoms with Crippen molar-refractivity contribution in [1.82, 2.24) is 24.6 Å². The number of aryl methyl sites for hydroxylation is 2. The van der Waals surface area contributed by atoms with Gasteiger partial charge in [-0.1, -0.05) is 0 Å². The molecule has 1 aromatic carbocycles. The molecule has 0 amide bonds. The molecule has 1 aliphatic rings. The second kappa shape index (κ2) is 6.95. The maximum Gasteiger partial charge on any atom is 0.260 e. The highest BCUT2D eigenvalue weighted by Crippen LogP contribution is 2.36. The Morgan fingerprint density at radius 3 is 2.90 bits per heavy atom. The lowest BCUT2D eigenvalue weighted by Gasteiger charge is -2.29. The Kier molecular flexibility index (Phi) is 4.36. The topological polar surface area (TPSA) is 85.0 Å². The van der Waals surface area contributed by atoms with E-state index in [2.05, 4.69) is 17.3 Å². The second-order valence-electron chi connectivity index (χ2n) is 8.33. The zero-order valence-corrected chi connectivity index (χ0v) is 17.4. The van der Waals surface area contributed by atoms with Crippen molar-refractivity contribution in [2.75, 3.05) is 6.54 Å². The first-order valence-corrected chi connectivity index (χ1v) is 10.3. The molecule has 30 heavy (non-hydrogen) atoms. The number of nitrogens with one attached hydrogen (secondary N) is 1. The first-order valence-electron chi connectivity index (χ1n) is 10.3. The number of benzene rings is 1. The molecule has 2 N–H and O–H groups in total. The number of piperidine rings is 1. The number of phenolic OH excluding ortho intramolecular Hbond substituents is 1. The molecule has 7 heteroatoms. The lowest BCUT2D eigenvalue weighted by Crippen LogP contribution is -2.39. The molecular formula is C23H25N5O2. The largest absolute Gasteiger partial charge is 0.507 e. The van der Waals surface area contributed by atoms with E-state index in [1.807, 2.05) is 55.2 Å². The van der Waals surface area contributed by atoms with Gasteiger partial charge in [0.1, 0.15) is 5.75 Å². The highest BCUT2D eigenvalue weighted by Gasteiger charge is 2.21. The van der Waals surface area contributed by atoms with Crippen LogP contribution in [0.5, 0.6) is 5.75 Å². The monoisotopic (exact) mass is 403 g/mol. The van der Waals surface area contributed by atoms with E-state index in [4.69, 9.17) is 4.98 Å². The van der Waals surface area contributed by atoms with Crippen LogP contribution in [0.25, 0.3) is 33.1 Å². The van der Waals surface area contributed by atoms with Gasteiger partial charge in [-0.05, 0) is 57.5 Å². The molecule has 1 aliphatic heterocycles. The fourth-order valence-electron chi connectivity index (χ4n) is 4.57. The van der Waals surface area contributed by atoms with Crippen molar-refractivity contribution in [2.45, 2.75) is 38.8 Å². The molecule has 0 radical (unpaired) electrons. The number of hydrogen-bond donors (Lipinski definition) is 2. The molecule has 0 spiro atoms. The Labute approximate surface area is 174 Å². The van der Waals surface area contributed by atoms with E-state index in [0.717, 1.165) is 35.9 Å². The van der Waals surface area contributed by atoms with Crippen molar-refractivity contribution < 1.29 is 5.11 Å². The fraction of sp³-hybridized carbons (Fsp3) is 0.348. The minimum atomic E-state index is -0.00577. The lowest BCUT2D eigenvalue weighted by molar-refractivity contribution is 0.309.